The fraction of sp³-hybridized carbons (Fsp3) is 0.722. The van der Waals surface area contributed by atoms with Crippen molar-refractivity contribution in [1.29, 1.82) is 0 Å². The number of aliphatic hydroxyl groups is 1. The van der Waals surface area contributed by atoms with E-state index in [9.17, 15) is 13.2 Å². The summed E-state index contributed by atoms with van der Waals surface area (Å²) in [6.45, 7) is 1.68. The van der Waals surface area contributed by atoms with Crippen LogP contribution in [0, 0.1) is 0 Å². The Bertz CT molecular complexity index is 596. The highest BCUT2D eigenvalue weighted by Crippen LogP contribution is 2.43. The molecule has 146 valence electrons. The van der Waals surface area contributed by atoms with E-state index >= 15 is 0 Å². The van der Waals surface area contributed by atoms with Crippen LogP contribution in [0.3, 0.4) is 0 Å². The Hall–Kier alpha value is -1.22. The Balaban J connectivity index is 1.69. The van der Waals surface area contributed by atoms with Crippen molar-refractivity contribution in [2.24, 2.45) is 0 Å². The van der Waals surface area contributed by atoms with E-state index in [4.69, 9.17) is 14.6 Å². The van der Waals surface area contributed by atoms with E-state index in [1.807, 2.05) is 0 Å². The van der Waals surface area contributed by atoms with E-state index in [-0.39, 0.29) is 24.4 Å². The van der Waals surface area contributed by atoms with Crippen LogP contribution in [0.1, 0.15) is 36.9 Å². The molecule has 1 saturated heterocycles. The smallest absolute Gasteiger partial charge is 0.394 e. The number of fused-ring (bicyclic) bond motifs is 1. The number of ether oxygens (including phenoxy) is 2. The number of rotatable bonds is 6. The van der Waals surface area contributed by atoms with E-state index in [0.29, 0.717) is 13.2 Å². The largest absolute Gasteiger partial charge is 0.433 e. The summed E-state index contributed by atoms with van der Waals surface area (Å²) in [4.78, 5) is 5.81. The zero-order chi connectivity index (χ0) is 18.8. The highest BCUT2D eigenvalue weighted by atomic mass is 19.4. The molecular formula is C18H25F3N2O3. The van der Waals surface area contributed by atoms with Gasteiger partial charge in [0.25, 0.3) is 0 Å². The van der Waals surface area contributed by atoms with Crippen molar-refractivity contribution in [2.75, 3.05) is 26.9 Å². The second-order valence-corrected chi connectivity index (χ2v) is 7.05. The number of alkyl halides is 3. The Morgan fingerprint density at radius 1 is 1.35 bits per heavy atom. The van der Waals surface area contributed by atoms with Crippen LogP contribution in [-0.2, 0) is 22.2 Å². The fourth-order valence-corrected chi connectivity index (χ4v) is 4.24. The molecule has 0 radical (unpaired) electrons. The van der Waals surface area contributed by atoms with Gasteiger partial charge in [-0.25, -0.2) is 0 Å². The minimum atomic E-state index is -4.42. The fourth-order valence-electron chi connectivity index (χ4n) is 4.24. The Kier molecular flexibility index (Phi) is 5.86. The lowest BCUT2D eigenvalue weighted by Gasteiger charge is -2.43. The number of nitrogens with zero attached hydrogens (tertiary/aromatic N) is 2. The van der Waals surface area contributed by atoms with Gasteiger partial charge < -0.3 is 14.6 Å². The van der Waals surface area contributed by atoms with E-state index in [2.05, 4.69) is 9.88 Å². The molecule has 1 saturated carbocycles. The molecule has 1 aromatic heterocycles. The zero-order valence-corrected chi connectivity index (χ0v) is 14.8. The summed E-state index contributed by atoms with van der Waals surface area (Å²) in [7, 11) is 1.73. The van der Waals surface area contributed by atoms with Crippen LogP contribution >= 0.6 is 0 Å². The van der Waals surface area contributed by atoms with Crippen LogP contribution in [-0.4, -0.2) is 59.6 Å². The molecule has 1 N–H and O–H groups in total. The van der Waals surface area contributed by atoms with Crippen LogP contribution in [0.5, 0.6) is 0 Å². The number of aliphatic hydroxyl groups excluding tert-OH is 1. The van der Waals surface area contributed by atoms with Crippen molar-refractivity contribution < 1.29 is 27.8 Å². The Labute approximate surface area is 151 Å². The summed E-state index contributed by atoms with van der Waals surface area (Å²) in [5.74, 6) is 0. The third kappa shape index (κ3) is 4.03. The minimum Gasteiger partial charge on any atom is -0.394 e. The molecule has 5 nitrogen and oxygen atoms in total. The SMILES string of the molecule is CO[C@@]12CC[C@@H](OCCO)C[C@@H]1N(Cc1ccc(C(F)(F)F)nc1)CC2. The van der Waals surface area contributed by atoms with Gasteiger partial charge in [0.05, 0.1) is 24.9 Å². The zero-order valence-electron chi connectivity index (χ0n) is 14.8. The molecule has 0 amide bonds. The first-order valence-corrected chi connectivity index (χ1v) is 8.92. The maximum Gasteiger partial charge on any atom is 0.433 e. The van der Waals surface area contributed by atoms with Crippen LogP contribution in [0.2, 0.25) is 0 Å². The van der Waals surface area contributed by atoms with Crippen LogP contribution in [0.15, 0.2) is 18.3 Å². The summed E-state index contributed by atoms with van der Waals surface area (Å²) in [5, 5.41) is 8.96. The molecule has 1 aliphatic heterocycles. The highest BCUT2D eigenvalue weighted by molar-refractivity contribution is 5.17. The number of methoxy groups -OCH3 is 1. The van der Waals surface area contributed by atoms with E-state index in [1.54, 1.807) is 7.11 Å². The van der Waals surface area contributed by atoms with Gasteiger partial charge in [-0.3, -0.25) is 9.88 Å². The molecule has 0 unspecified atom stereocenters. The molecule has 8 heteroatoms. The molecular weight excluding hydrogens is 349 g/mol. The average molecular weight is 374 g/mol. The number of hydrogen-bond donors (Lipinski definition) is 1. The van der Waals surface area contributed by atoms with Crippen LogP contribution in [0.4, 0.5) is 13.2 Å². The van der Waals surface area contributed by atoms with Crippen molar-refractivity contribution in [3.63, 3.8) is 0 Å². The van der Waals surface area contributed by atoms with Crippen molar-refractivity contribution in [1.82, 2.24) is 9.88 Å². The standard InChI is InChI=1S/C18H25F3N2O3/c1-25-17-5-4-14(26-9-8-24)10-16(17)23(7-6-17)12-13-2-3-15(22-11-13)18(19,20)21/h2-3,11,14,16,24H,4-10,12H2,1H3/t14-,16+,17-/m1/s1. The van der Waals surface area contributed by atoms with Gasteiger partial charge in [0, 0.05) is 32.4 Å². The normalized spacial score (nSPS) is 29.7. The second-order valence-electron chi connectivity index (χ2n) is 7.05. The first kappa shape index (κ1) is 19.5. The maximum absolute atomic E-state index is 12.7. The first-order chi connectivity index (χ1) is 12.4. The molecule has 3 rings (SSSR count). The van der Waals surface area contributed by atoms with Gasteiger partial charge in [-0.1, -0.05) is 6.07 Å². The lowest BCUT2D eigenvalue weighted by molar-refractivity contribution is -0.141. The summed E-state index contributed by atoms with van der Waals surface area (Å²) in [6, 6.07) is 2.67. The minimum absolute atomic E-state index is 0.00246. The van der Waals surface area contributed by atoms with E-state index < -0.39 is 11.9 Å². The van der Waals surface area contributed by atoms with E-state index in [0.717, 1.165) is 43.9 Å². The monoisotopic (exact) mass is 374 g/mol. The van der Waals surface area contributed by atoms with Crippen molar-refractivity contribution in [3.05, 3.63) is 29.6 Å². The van der Waals surface area contributed by atoms with Gasteiger partial charge >= 0.3 is 6.18 Å². The second kappa shape index (κ2) is 7.80. The summed E-state index contributed by atoms with van der Waals surface area (Å²) >= 11 is 0. The van der Waals surface area contributed by atoms with E-state index in [1.165, 1.54) is 12.3 Å². The van der Waals surface area contributed by atoms with Crippen LogP contribution in [0.25, 0.3) is 0 Å². The number of halogens is 3. The number of hydrogen-bond acceptors (Lipinski definition) is 5. The maximum atomic E-state index is 12.7. The van der Waals surface area contributed by atoms with Gasteiger partial charge in [0.2, 0.25) is 0 Å². The quantitative estimate of drug-likeness (QED) is 0.830. The molecule has 0 aromatic carbocycles. The Morgan fingerprint density at radius 3 is 2.77 bits per heavy atom. The number of aromatic nitrogens is 1. The molecule has 26 heavy (non-hydrogen) atoms. The molecule has 0 spiro atoms. The topological polar surface area (TPSA) is 54.8 Å². The number of likely N-dealkylation sites (tertiary alicyclic amines) is 1. The molecule has 3 atom stereocenters. The molecule has 2 aliphatic rings. The average Bonchev–Trinajstić information content (AvgIpc) is 2.98. The third-order valence-corrected chi connectivity index (χ3v) is 5.60. The van der Waals surface area contributed by atoms with Gasteiger partial charge in [0.1, 0.15) is 5.69 Å². The third-order valence-electron chi connectivity index (χ3n) is 5.60. The molecule has 1 aliphatic carbocycles. The van der Waals surface area contributed by atoms with Gasteiger partial charge in [-0.05, 0) is 37.3 Å². The summed E-state index contributed by atoms with van der Waals surface area (Å²) in [6.07, 6.45) is 0.417. The molecule has 2 fully saturated rings. The van der Waals surface area contributed by atoms with Gasteiger partial charge in [0.15, 0.2) is 0 Å². The predicted molar refractivity (Wildman–Crippen MR) is 88.5 cm³/mol. The molecule has 2 heterocycles. The van der Waals surface area contributed by atoms with Gasteiger partial charge in [-0.2, -0.15) is 13.2 Å². The molecule has 0 bridgehead atoms. The predicted octanol–water partition coefficient (Wildman–Crippen LogP) is 2.62. The highest BCUT2D eigenvalue weighted by Gasteiger charge is 2.51. The van der Waals surface area contributed by atoms with Gasteiger partial charge in [-0.15, -0.1) is 0 Å². The Morgan fingerprint density at radius 2 is 2.15 bits per heavy atom. The lowest BCUT2D eigenvalue weighted by atomic mass is 9.79. The molecule has 1 aromatic rings. The van der Waals surface area contributed by atoms with Crippen LogP contribution < -0.4 is 0 Å². The first-order valence-electron chi connectivity index (χ1n) is 8.92. The summed E-state index contributed by atoms with van der Waals surface area (Å²) < 4.78 is 49.6. The lowest BCUT2D eigenvalue weighted by Crippen LogP contribution is -2.51. The summed E-state index contributed by atoms with van der Waals surface area (Å²) in [5.41, 5.74) is -0.342. The number of pyridine rings is 1. The van der Waals surface area contributed by atoms with Crippen molar-refractivity contribution in [2.45, 2.75) is 56.2 Å². The van der Waals surface area contributed by atoms with Crippen molar-refractivity contribution in [3.8, 4) is 0 Å². The van der Waals surface area contributed by atoms with Crippen molar-refractivity contribution >= 4 is 0 Å².